The van der Waals surface area contributed by atoms with Crippen molar-refractivity contribution in [2.45, 2.75) is 112 Å². The highest BCUT2D eigenvalue weighted by Crippen LogP contribution is 2.46. The van der Waals surface area contributed by atoms with Gasteiger partial charge >= 0.3 is 6.09 Å². The maximum absolute atomic E-state index is 12.4. The lowest BCUT2D eigenvalue weighted by atomic mass is 9.84. The fraction of sp³-hybridized carbons (Fsp3) is 0.472. The molecule has 1 N–H and O–H groups in total. The first-order valence-corrected chi connectivity index (χ1v) is 14.8. The van der Waals surface area contributed by atoms with Gasteiger partial charge in [-0.1, -0.05) is 53.1 Å². The molecule has 2 aromatic carbocycles. The first kappa shape index (κ1) is 31.3. The van der Waals surface area contributed by atoms with Crippen LogP contribution < -0.4 is 9.64 Å². The number of carbonyl (C=O) groups is 1. The van der Waals surface area contributed by atoms with Gasteiger partial charge in [0, 0.05) is 0 Å². The number of fused-ring (bicyclic) bond motifs is 1. The van der Waals surface area contributed by atoms with Gasteiger partial charge in [0.1, 0.15) is 11.4 Å². The van der Waals surface area contributed by atoms with E-state index in [-0.39, 0.29) is 5.60 Å². The van der Waals surface area contributed by atoms with E-state index < -0.39 is 6.09 Å². The van der Waals surface area contributed by atoms with Gasteiger partial charge in [0.2, 0.25) is 0 Å². The Labute approximate surface area is 242 Å². The molecule has 1 atom stereocenters. The number of amides is 1. The van der Waals surface area contributed by atoms with Crippen LogP contribution in [0.1, 0.15) is 102 Å². The van der Waals surface area contributed by atoms with Crippen molar-refractivity contribution in [1.29, 1.82) is 0 Å². The molecule has 1 heterocycles. The highest BCUT2D eigenvalue weighted by Gasteiger charge is 2.35. The lowest BCUT2D eigenvalue weighted by Gasteiger charge is -2.39. The van der Waals surface area contributed by atoms with Crippen LogP contribution in [0.5, 0.6) is 5.75 Å². The third-order valence-corrected chi connectivity index (χ3v) is 8.31. The topological polar surface area (TPSA) is 49.8 Å². The first-order chi connectivity index (χ1) is 18.9. The largest absolute Gasteiger partial charge is 0.487 e. The highest BCUT2D eigenvalue weighted by atomic mass is 16.5. The van der Waals surface area contributed by atoms with Gasteiger partial charge in [-0.25, -0.2) is 9.69 Å². The van der Waals surface area contributed by atoms with Gasteiger partial charge in [-0.3, -0.25) is 0 Å². The first-order valence-electron chi connectivity index (χ1n) is 14.8. The van der Waals surface area contributed by atoms with Crippen molar-refractivity contribution < 1.29 is 14.6 Å². The second-order valence-electron chi connectivity index (χ2n) is 12.0. The van der Waals surface area contributed by atoms with Crippen molar-refractivity contribution in [3.05, 3.63) is 87.5 Å². The number of hydrogen-bond acceptors (Lipinski definition) is 2. The number of anilines is 2. The monoisotopic (exact) mass is 543 g/mol. The SMILES string of the molecule is CC(C)=CCCC(C)=CCCC(C)=CCC[C@]1(C)CCc2c(C)c(N(C(=O)O)c3ccccc3)c(C)c(C)c2O1. The van der Waals surface area contributed by atoms with E-state index in [0.29, 0.717) is 5.69 Å². The zero-order valence-corrected chi connectivity index (χ0v) is 26.0. The normalized spacial score (nSPS) is 17.2. The van der Waals surface area contributed by atoms with Crippen LogP contribution in [0.4, 0.5) is 16.2 Å². The quantitative estimate of drug-likeness (QED) is 0.287. The summed E-state index contributed by atoms with van der Waals surface area (Å²) in [7, 11) is 0. The minimum Gasteiger partial charge on any atom is -0.487 e. The van der Waals surface area contributed by atoms with Gasteiger partial charge in [-0.15, -0.1) is 0 Å². The van der Waals surface area contributed by atoms with Gasteiger partial charge in [0.25, 0.3) is 0 Å². The Morgan fingerprint density at radius 3 is 2.10 bits per heavy atom. The summed E-state index contributed by atoms with van der Waals surface area (Å²) >= 11 is 0. The molecule has 0 fully saturated rings. The number of para-hydroxylation sites is 1. The summed E-state index contributed by atoms with van der Waals surface area (Å²) in [5.41, 5.74) is 9.59. The second-order valence-corrected chi connectivity index (χ2v) is 12.0. The highest BCUT2D eigenvalue weighted by molar-refractivity contribution is 5.97. The number of carboxylic acid groups (broad SMARTS) is 1. The van der Waals surface area contributed by atoms with Crippen LogP contribution in [0.2, 0.25) is 0 Å². The summed E-state index contributed by atoms with van der Waals surface area (Å²) in [6.07, 6.45) is 14.3. The van der Waals surface area contributed by atoms with Crippen LogP contribution in [0.3, 0.4) is 0 Å². The number of rotatable bonds is 11. The van der Waals surface area contributed by atoms with Crippen molar-refractivity contribution in [2.75, 3.05) is 4.90 Å². The van der Waals surface area contributed by atoms with Crippen LogP contribution >= 0.6 is 0 Å². The summed E-state index contributed by atoms with van der Waals surface area (Å²) in [6.45, 7) is 17.1. The maximum atomic E-state index is 12.4. The van der Waals surface area contributed by atoms with Crippen LogP contribution in [-0.2, 0) is 6.42 Å². The number of benzene rings is 2. The molecule has 0 unspecified atom stereocenters. The molecule has 1 amide bonds. The zero-order valence-electron chi connectivity index (χ0n) is 26.0. The third-order valence-electron chi connectivity index (χ3n) is 8.31. The molecule has 2 aromatic rings. The van der Waals surface area contributed by atoms with E-state index in [2.05, 4.69) is 59.8 Å². The van der Waals surface area contributed by atoms with Crippen LogP contribution in [0, 0.1) is 20.8 Å². The van der Waals surface area contributed by atoms with E-state index in [1.807, 2.05) is 44.2 Å². The Balaban J connectivity index is 1.69. The molecule has 0 radical (unpaired) electrons. The van der Waals surface area contributed by atoms with Gasteiger partial charge in [0.05, 0.1) is 11.4 Å². The Hall–Kier alpha value is -3.27. The standard InChI is InChI=1S/C36H49NO3/c1-25(2)15-12-16-26(3)17-13-18-27(4)19-14-23-36(8)24-22-32-30(7)33(28(5)29(6)34(32)40-36)37(35(38)39)31-20-10-9-11-21-31/h9-11,15,17,19-21H,12-14,16,18,22-24H2,1-8H3,(H,38,39)/t36-/m1/s1. The van der Waals surface area contributed by atoms with E-state index in [9.17, 15) is 9.90 Å². The number of allylic oxidation sites excluding steroid dienone is 6. The van der Waals surface area contributed by atoms with E-state index >= 15 is 0 Å². The molecule has 0 bridgehead atoms. The average Bonchev–Trinajstić information content (AvgIpc) is 2.89. The van der Waals surface area contributed by atoms with E-state index in [4.69, 9.17) is 4.74 Å². The smallest absolute Gasteiger partial charge is 0.416 e. The van der Waals surface area contributed by atoms with Gasteiger partial charge in [-0.05, 0) is 141 Å². The molecule has 0 spiro atoms. The Morgan fingerprint density at radius 1 is 0.900 bits per heavy atom. The molecule has 40 heavy (non-hydrogen) atoms. The Kier molecular flexibility index (Phi) is 10.8. The molecular formula is C36H49NO3. The second kappa shape index (κ2) is 13.9. The summed E-state index contributed by atoms with van der Waals surface area (Å²) in [6, 6.07) is 9.33. The van der Waals surface area contributed by atoms with Crippen molar-refractivity contribution in [3.8, 4) is 5.75 Å². The summed E-state index contributed by atoms with van der Waals surface area (Å²) in [5.74, 6) is 0.945. The average molecular weight is 544 g/mol. The summed E-state index contributed by atoms with van der Waals surface area (Å²) in [4.78, 5) is 13.8. The summed E-state index contributed by atoms with van der Waals surface area (Å²) in [5, 5.41) is 10.2. The van der Waals surface area contributed by atoms with Gasteiger partial charge in [-0.2, -0.15) is 0 Å². The Morgan fingerprint density at radius 2 is 1.50 bits per heavy atom. The Bertz CT molecular complexity index is 1280. The molecule has 0 aromatic heterocycles. The van der Waals surface area contributed by atoms with Gasteiger partial charge in [0.15, 0.2) is 0 Å². The lowest BCUT2D eigenvalue weighted by molar-refractivity contribution is 0.0560. The molecule has 0 saturated heterocycles. The minimum atomic E-state index is -0.977. The number of ether oxygens (including phenoxy) is 1. The molecule has 1 aliphatic rings. The van der Waals surface area contributed by atoms with Crippen molar-refractivity contribution in [1.82, 2.24) is 0 Å². The van der Waals surface area contributed by atoms with Crippen LogP contribution in [0.25, 0.3) is 0 Å². The minimum absolute atomic E-state index is 0.234. The predicted molar refractivity (Wildman–Crippen MR) is 169 cm³/mol. The lowest BCUT2D eigenvalue weighted by Crippen LogP contribution is -2.37. The molecule has 0 saturated carbocycles. The molecule has 216 valence electrons. The van der Waals surface area contributed by atoms with E-state index in [1.165, 1.54) is 21.6 Å². The maximum Gasteiger partial charge on any atom is 0.416 e. The third kappa shape index (κ3) is 7.90. The fourth-order valence-electron chi connectivity index (χ4n) is 5.68. The molecule has 3 rings (SSSR count). The van der Waals surface area contributed by atoms with Crippen LogP contribution in [-0.4, -0.2) is 16.8 Å². The van der Waals surface area contributed by atoms with Crippen molar-refractivity contribution >= 4 is 17.5 Å². The number of hydrogen-bond donors (Lipinski definition) is 1. The number of nitrogens with zero attached hydrogens (tertiary/aromatic N) is 1. The van der Waals surface area contributed by atoms with Crippen molar-refractivity contribution in [3.63, 3.8) is 0 Å². The van der Waals surface area contributed by atoms with E-state index in [1.54, 1.807) is 0 Å². The fourth-order valence-corrected chi connectivity index (χ4v) is 5.68. The molecule has 0 aliphatic carbocycles. The molecule has 4 nitrogen and oxygen atoms in total. The predicted octanol–water partition coefficient (Wildman–Crippen LogP) is 10.7. The van der Waals surface area contributed by atoms with Gasteiger partial charge < -0.3 is 9.84 Å². The molecular weight excluding hydrogens is 494 g/mol. The van der Waals surface area contributed by atoms with Crippen LogP contribution in [0.15, 0.2) is 65.3 Å². The summed E-state index contributed by atoms with van der Waals surface area (Å²) < 4.78 is 6.75. The molecule has 1 aliphatic heterocycles. The van der Waals surface area contributed by atoms with E-state index in [0.717, 1.165) is 85.1 Å². The zero-order chi connectivity index (χ0) is 29.4. The van der Waals surface area contributed by atoms with Crippen molar-refractivity contribution in [2.24, 2.45) is 0 Å². The molecule has 4 heteroatoms.